The Balaban J connectivity index is 1.88. The Morgan fingerprint density at radius 1 is 1.33 bits per heavy atom. The fourth-order valence-electron chi connectivity index (χ4n) is 3.61. The van der Waals surface area contributed by atoms with Gasteiger partial charge in [0.1, 0.15) is 0 Å². The Bertz CT molecular complexity index is 538. The smallest absolute Gasteiger partial charge is 0.186 e. The lowest BCUT2D eigenvalue weighted by Gasteiger charge is -2.41. The van der Waals surface area contributed by atoms with Crippen molar-refractivity contribution in [3.63, 3.8) is 0 Å². The van der Waals surface area contributed by atoms with Gasteiger partial charge in [0.2, 0.25) is 0 Å². The van der Waals surface area contributed by atoms with Crippen LogP contribution in [0, 0.1) is 5.41 Å². The zero-order valence-corrected chi connectivity index (χ0v) is 14.5. The second-order valence-electron chi connectivity index (χ2n) is 7.94. The number of hydrogen-bond donors (Lipinski definition) is 1. The van der Waals surface area contributed by atoms with Crippen molar-refractivity contribution in [2.24, 2.45) is 5.41 Å². The summed E-state index contributed by atoms with van der Waals surface area (Å²) in [7, 11) is 0. The predicted octanol–water partition coefficient (Wildman–Crippen LogP) is 3.15. The van der Waals surface area contributed by atoms with E-state index in [-0.39, 0.29) is 23.2 Å². The molecule has 1 saturated heterocycles. The molecule has 118 valence electrons. The highest BCUT2D eigenvalue weighted by atomic mass is 32.1. The number of ether oxygens (including phenoxy) is 1. The molecule has 2 unspecified atom stereocenters. The van der Waals surface area contributed by atoms with Gasteiger partial charge in [0.15, 0.2) is 5.13 Å². The van der Waals surface area contributed by atoms with E-state index in [0.717, 1.165) is 41.6 Å². The molecule has 1 aliphatic heterocycles. The van der Waals surface area contributed by atoms with Crippen LogP contribution in [0.5, 0.6) is 0 Å². The SMILES string of the molecule is CC1CN(c2nc3c(s2)C(O)CC(C)(C)C3)CC(C)(C)O1. The molecule has 2 heterocycles. The second-order valence-corrected chi connectivity index (χ2v) is 8.95. The quantitative estimate of drug-likeness (QED) is 0.865. The van der Waals surface area contributed by atoms with E-state index in [1.165, 1.54) is 0 Å². The summed E-state index contributed by atoms with van der Waals surface area (Å²) in [5.41, 5.74) is 1.08. The molecule has 0 aromatic carbocycles. The van der Waals surface area contributed by atoms with Crippen LogP contribution in [0.3, 0.4) is 0 Å². The number of fused-ring (bicyclic) bond motifs is 1. The summed E-state index contributed by atoms with van der Waals surface area (Å²) in [6.07, 6.45) is 1.63. The van der Waals surface area contributed by atoms with Crippen LogP contribution in [0.2, 0.25) is 0 Å². The van der Waals surface area contributed by atoms with Crippen LogP contribution in [0.1, 0.15) is 57.7 Å². The standard InChI is InChI=1S/C16H26N2O2S/c1-10-8-18(9-16(4,5)20-10)14-17-11-6-15(2,3)7-12(19)13(11)21-14/h10,12,19H,6-9H2,1-5H3. The van der Waals surface area contributed by atoms with Gasteiger partial charge in [-0.2, -0.15) is 0 Å². The monoisotopic (exact) mass is 310 g/mol. The van der Waals surface area contributed by atoms with E-state index in [9.17, 15) is 5.11 Å². The second kappa shape index (κ2) is 4.93. The number of nitrogens with zero attached hydrogens (tertiary/aromatic N) is 2. The topological polar surface area (TPSA) is 45.6 Å². The van der Waals surface area contributed by atoms with E-state index in [1.807, 2.05) is 0 Å². The maximum absolute atomic E-state index is 10.4. The van der Waals surface area contributed by atoms with Crippen LogP contribution in [0.4, 0.5) is 5.13 Å². The van der Waals surface area contributed by atoms with Crippen molar-refractivity contribution < 1.29 is 9.84 Å². The molecule has 3 rings (SSSR count). The van der Waals surface area contributed by atoms with Crippen molar-refractivity contribution in [3.8, 4) is 0 Å². The van der Waals surface area contributed by atoms with E-state index in [4.69, 9.17) is 9.72 Å². The van der Waals surface area contributed by atoms with Gasteiger partial charge in [-0.1, -0.05) is 25.2 Å². The van der Waals surface area contributed by atoms with Crippen molar-refractivity contribution in [3.05, 3.63) is 10.6 Å². The first-order chi connectivity index (χ1) is 9.65. The van der Waals surface area contributed by atoms with Gasteiger partial charge in [0.05, 0.1) is 28.4 Å². The molecule has 0 spiro atoms. The normalized spacial score (nSPS) is 31.0. The van der Waals surface area contributed by atoms with Gasteiger partial charge < -0.3 is 14.7 Å². The van der Waals surface area contributed by atoms with Crippen molar-refractivity contribution in [2.75, 3.05) is 18.0 Å². The van der Waals surface area contributed by atoms with Gasteiger partial charge in [-0.3, -0.25) is 0 Å². The number of aliphatic hydroxyl groups excluding tert-OH is 1. The molecule has 0 bridgehead atoms. The average molecular weight is 310 g/mol. The predicted molar refractivity (Wildman–Crippen MR) is 86.0 cm³/mol. The van der Waals surface area contributed by atoms with Gasteiger partial charge >= 0.3 is 0 Å². The summed E-state index contributed by atoms with van der Waals surface area (Å²) in [6.45, 7) is 12.5. The highest BCUT2D eigenvalue weighted by molar-refractivity contribution is 7.15. The molecule has 1 fully saturated rings. The minimum absolute atomic E-state index is 0.134. The zero-order chi connectivity index (χ0) is 15.4. The molecule has 0 amide bonds. The Morgan fingerprint density at radius 3 is 2.71 bits per heavy atom. The first-order valence-corrected chi connectivity index (χ1v) is 8.57. The third-order valence-corrected chi connectivity index (χ3v) is 5.51. The van der Waals surface area contributed by atoms with E-state index < -0.39 is 0 Å². The highest BCUT2D eigenvalue weighted by Crippen LogP contribution is 2.45. The molecule has 1 aliphatic carbocycles. The van der Waals surface area contributed by atoms with Crippen LogP contribution in [0.15, 0.2) is 0 Å². The van der Waals surface area contributed by atoms with E-state index >= 15 is 0 Å². The van der Waals surface area contributed by atoms with Crippen LogP contribution < -0.4 is 4.90 Å². The van der Waals surface area contributed by atoms with Gasteiger partial charge in [-0.25, -0.2) is 4.98 Å². The van der Waals surface area contributed by atoms with Crippen LogP contribution in [0.25, 0.3) is 0 Å². The maximum atomic E-state index is 10.4. The number of morpholine rings is 1. The van der Waals surface area contributed by atoms with Gasteiger partial charge in [-0.15, -0.1) is 0 Å². The molecule has 5 heteroatoms. The third-order valence-electron chi connectivity index (χ3n) is 4.25. The summed E-state index contributed by atoms with van der Waals surface area (Å²) in [6, 6.07) is 0. The number of anilines is 1. The first kappa shape index (κ1) is 15.3. The Hall–Kier alpha value is -0.650. The lowest BCUT2D eigenvalue weighted by atomic mass is 9.77. The average Bonchev–Trinajstić information content (AvgIpc) is 2.68. The van der Waals surface area contributed by atoms with Crippen molar-refractivity contribution >= 4 is 16.5 Å². The van der Waals surface area contributed by atoms with Crippen LogP contribution >= 0.6 is 11.3 Å². The molecule has 2 atom stereocenters. The maximum Gasteiger partial charge on any atom is 0.186 e. The van der Waals surface area contributed by atoms with E-state index in [0.29, 0.717) is 0 Å². The van der Waals surface area contributed by atoms with Crippen LogP contribution in [-0.2, 0) is 11.2 Å². The lowest BCUT2D eigenvalue weighted by molar-refractivity contribution is -0.0749. The minimum atomic E-state index is -0.360. The van der Waals surface area contributed by atoms with Crippen molar-refractivity contribution in [1.82, 2.24) is 4.98 Å². The van der Waals surface area contributed by atoms with E-state index in [2.05, 4.69) is 39.5 Å². The molecule has 21 heavy (non-hydrogen) atoms. The fourth-order valence-corrected chi connectivity index (χ4v) is 4.69. The third kappa shape index (κ3) is 3.10. The summed E-state index contributed by atoms with van der Waals surface area (Å²) in [5.74, 6) is 0. The van der Waals surface area contributed by atoms with Crippen molar-refractivity contribution in [2.45, 2.75) is 65.3 Å². The highest BCUT2D eigenvalue weighted by Gasteiger charge is 2.37. The molecule has 1 aromatic rings. The van der Waals surface area contributed by atoms with Crippen LogP contribution in [-0.4, -0.2) is 34.9 Å². The number of hydrogen-bond acceptors (Lipinski definition) is 5. The summed E-state index contributed by atoms with van der Waals surface area (Å²) < 4.78 is 5.97. The largest absolute Gasteiger partial charge is 0.387 e. The molecule has 4 nitrogen and oxygen atoms in total. The molecule has 1 aromatic heterocycles. The Labute approximate surface area is 131 Å². The Morgan fingerprint density at radius 2 is 2.05 bits per heavy atom. The summed E-state index contributed by atoms with van der Waals surface area (Å²) >= 11 is 1.66. The zero-order valence-electron chi connectivity index (χ0n) is 13.6. The molecule has 0 saturated carbocycles. The molecule has 2 aliphatic rings. The summed E-state index contributed by atoms with van der Waals surface area (Å²) in [4.78, 5) is 8.24. The molecular weight excluding hydrogens is 284 g/mol. The summed E-state index contributed by atoms with van der Waals surface area (Å²) in [5, 5.41) is 11.4. The van der Waals surface area contributed by atoms with Gasteiger partial charge in [0.25, 0.3) is 0 Å². The van der Waals surface area contributed by atoms with E-state index in [1.54, 1.807) is 11.3 Å². The van der Waals surface area contributed by atoms with Gasteiger partial charge in [-0.05, 0) is 39.0 Å². The number of thiazole rings is 1. The molecule has 0 radical (unpaired) electrons. The molecular formula is C16H26N2O2S. The Kier molecular flexibility index (Phi) is 3.58. The number of aliphatic hydroxyl groups is 1. The van der Waals surface area contributed by atoms with Crippen molar-refractivity contribution in [1.29, 1.82) is 0 Å². The number of rotatable bonds is 1. The minimum Gasteiger partial charge on any atom is -0.387 e. The number of aromatic nitrogens is 1. The lowest BCUT2D eigenvalue weighted by Crippen LogP contribution is -2.52. The van der Waals surface area contributed by atoms with Gasteiger partial charge in [0, 0.05) is 13.1 Å². The molecule has 1 N–H and O–H groups in total. The first-order valence-electron chi connectivity index (χ1n) is 7.76. The fraction of sp³-hybridized carbons (Fsp3) is 0.812.